The first-order valence-electron chi connectivity index (χ1n) is 4.68. The van der Waals surface area contributed by atoms with Crippen LogP contribution in [0.2, 0.25) is 0 Å². The monoisotopic (exact) mass is 151 g/mol. The fourth-order valence-electron chi connectivity index (χ4n) is 1.80. The Balaban J connectivity index is 2.45. The average Bonchev–Trinajstić information content (AvgIpc) is 1.98. The zero-order valence-corrected chi connectivity index (χ0v) is 7.40. The number of hydrogen-bond donors (Lipinski definition) is 0. The number of nitrogens with zero attached hydrogens (tertiary/aromatic N) is 1. The van der Waals surface area contributed by atoms with Crippen LogP contribution < -0.4 is 0 Å². The van der Waals surface area contributed by atoms with Crippen molar-refractivity contribution in [1.29, 1.82) is 5.26 Å². The molecule has 1 heteroatoms. The molecule has 0 aromatic rings. The third-order valence-corrected chi connectivity index (χ3v) is 2.73. The second kappa shape index (κ2) is 3.76. The second-order valence-electron chi connectivity index (χ2n) is 3.94. The fraction of sp³-hybridized carbons (Fsp3) is 0.900. The Labute approximate surface area is 69.4 Å². The van der Waals surface area contributed by atoms with Gasteiger partial charge in [0.05, 0.1) is 11.5 Å². The molecule has 62 valence electrons. The van der Waals surface area contributed by atoms with Crippen LogP contribution in [0, 0.1) is 16.7 Å². The summed E-state index contributed by atoms with van der Waals surface area (Å²) in [6, 6.07) is 2.45. The molecule has 0 aromatic heterocycles. The maximum atomic E-state index is 8.92. The van der Waals surface area contributed by atoms with E-state index in [4.69, 9.17) is 5.26 Å². The lowest BCUT2D eigenvalue weighted by atomic mass is 9.79. The van der Waals surface area contributed by atoms with E-state index in [1.807, 2.05) is 0 Å². The summed E-state index contributed by atoms with van der Waals surface area (Å²) in [5, 5.41) is 8.92. The summed E-state index contributed by atoms with van der Waals surface area (Å²) in [4.78, 5) is 0. The SMILES string of the molecule is CC1(C#N)CCCCCCC1. The molecular formula is C10H17N. The summed E-state index contributed by atoms with van der Waals surface area (Å²) in [6.45, 7) is 2.11. The van der Waals surface area contributed by atoms with Crippen molar-refractivity contribution >= 4 is 0 Å². The Kier molecular flexibility index (Phi) is 2.93. The van der Waals surface area contributed by atoms with Crippen molar-refractivity contribution in [1.82, 2.24) is 0 Å². The van der Waals surface area contributed by atoms with Gasteiger partial charge in [-0.2, -0.15) is 5.26 Å². The molecule has 0 bridgehead atoms. The van der Waals surface area contributed by atoms with Gasteiger partial charge in [-0.3, -0.25) is 0 Å². The summed E-state index contributed by atoms with van der Waals surface area (Å²) in [5.74, 6) is 0. The summed E-state index contributed by atoms with van der Waals surface area (Å²) < 4.78 is 0. The molecule has 0 heterocycles. The van der Waals surface area contributed by atoms with Crippen molar-refractivity contribution in [2.75, 3.05) is 0 Å². The third-order valence-electron chi connectivity index (χ3n) is 2.73. The summed E-state index contributed by atoms with van der Waals surface area (Å²) in [7, 11) is 0. The van der Waals surface area contributed by atoms with E-state index in [0.717, 1.165) is 12.8 Å². The molecule has 1 aliphatic rings. The fourth-order valence-corrected chi connectivity index (χ4v) is 1.80. The second-order valence-corrected chi connectivity index (χ2v) is 3.94. The van der Waals surface area contributed by atoms with Crippen LogP contribution in [0.4, 0.5) is 0 Å². The van der Waals surface area contributed by atoms with Crippen LogP contribution in [0.5, 0.6) is 0 Å². The van der Waals surface area contributed by atoms with Crippen LogP contribution in [0.3, 0.4) is 0 Å². The molecule has 0 amide bonds. The first kappa shape index (κ1) is 8.59. The zero-order chi connectivity index (χ0) is 8.16. The van der Waals surface area contributed by atoms with Crippen LogP contribution in [0.25, 0.3) is 0 Å². The minimum absolute atomic E-state index is 0.000417. The highest BCUT2D eigenvalue weighted by molar-refractivity contribution is 4.95. The number of hydrogen-bond acceptors (Lipinski definition) is 1. The van der Waals surface area contributed by atoms with Gasteiger partial charge in [-0.25, -0.2) is 0 Å². The van der Waals surface area contributed by atoms with Crippen LogP contribution >= 0.6 is 0 Å². The summed E-state index contributed by atoms with van der Waals surface area (Å²) in [6.07, 6.45) is 8.77. The highest BCUT2D eigenvalue weighted by Gasteiger charge is 2.23. The number of rotatable bonds is 0. The molecule has 1 saturated carbocycles. The Morgan fingerprint density at radius 2 is 1.45 bits per heavy atom. The maximum Gasteiger partial charge on any atom is 0.0686 e. The van der Waals surface area contributed by atoms with E-state index in [1.54, 1.807) is 0 Å². The van der Waals surface area contributed by atoms with Gasteiger partial charge < -0.3 is 0 Å². The summed E-state index contributed by atoms with van der Waals surface area (Å²) in [5.41, 5.74) is 0.000417. The largest absolute Gasteiger partial charge is 0.198 e. The van der Waals surface area contributed by atoms with Crippen molar-refractivity contribution in [2.45, 2.75) is 51.9 Å². The lowest BCUT2D eigenvalue weighted by molar-refractivity contribution is 0.318. The molecule has 1 fully saturated rings. The molecule has 0 aromatic carbocycles. The van der Waals surface area contributed by atoms with Gasteiger partial charge in [0.15, 0.2) is 0 Å². The van der Waals surface area contributed by atoms with Crippen molar-refractivity contribution < 1.29 is 0 Å². The third kappa shape index (κ3) is 2.54. The van der Waals surface area contributed by atoms with Gasteiger partial charge in [-0.05, 0) is 19.8 Å². The number of nitriles is 1. The molecule has 11 heavy (non-hydrogen) atoms. The highest BCUT2D eigenvalue weighted by atomic mass is 14.3. The van der Waals surface area contributed by atoms with E-state index in [9.17, 15) is 0 Å². The summed E-state index contributed by atoms with van der Waals surface area (Å²) >= 11 is 0. The lowest BCUT2D eigenvalue weighted by Gasteiger charge is -2.23. The first-order chi connectivity index (χ1) is 5.27. The van der Waals surface area contributed by atoms with E-state index < -0.39 is 0 Å². The Hall–Kier alpha value is -0.510. The van der Waals surface area contributed by atoms with Gasteiger partial charge in [0.1, 0.15) is 0 Å². The normalized spacial score (nSPS) is 24.7. The molecule has 0 radical (unpaired) electrons. The predicted octanol–water partition coefficient (Wildman–Crippen LogP) is 3.26. The first-order valence-corrected chi connectivity index (χ1v) is 4.68. The molecule has 0 aliphatic heterocycles. The van der Waals surface area contributed by atoms with Gasteiger partial charge in [0.2, 0.25) is 0 Å². The van der Waals surface area contributed by atoms with E-state index >= 15 is 0 Å². The molecule has 0 N–H and O–H groups in total. The molecule has 0 atom stereocenters. The van der Waals surface area contributed by atoms with E-state index in [2.05, 4.69) is 13.0 Å². The van der Waals surface area contributed by atoms with Gasteiger partial charge in [-0.1, -0.05) is 32.1 Å². The van der Waals surface area contributed by atoms with Crippen LogP contribution in [0.15, 0.2) is 0 Å². The molecule has 0 spiro atoms. The van der Waals surface area contributed by atoms with Crippen molar-refractivity contribution in [2.24, 2.45) is 5.41 Å². The standard InChI is InChI=1S/C10H17N/c1-10(9-11)7-5-3-2-4-6-8-10/h2-8H2,1H3. The van der Waals surface area contributed by atoms with E-state index in [-0.39, 0.29) is 5.41 Å². The minimum Gasteiger partial charge on any atom is -0.198 e. The van der Waals surface area contributed by atoms with E-state index in [1.165, 1.54) is 32.1 Å². The molecule has 1 nitrogen and oxygen atoms in total. The van der Waals surface area contributed by atoms with Gasteiger partial charge in [-0.15, -0.1) is 0 Å². The lowest BCUT2D eigenvalue weighted by Crippen LogP contribution is -2.14. The minimum atomic E-state index is 0.000417. The van der Waals surface area contributed by atoms with Crippen LogP contribution in [-0.2, 0) is 0 Å². The predicted molar refractivity (Wildman–Crippen MR) is 46.0 cm³/mol. The molecule has 0 saturated heterocycles. The highest BCUT2D eigenvalue weighted by Crippen LogP contribution is 2.32. The van der Waals surface area contributed by atoms with Crippen molar-refractivity contribution in [3.8, 4) is 6.07 Å². The quantitative estimate of drug-likeness (QED) is 0.521. The van der Waals surface area contributed by atoms with E-state index in [0.29, 0.717) is 0 Å². The Bertz CT molecular complexity index is 147. The molecule has 1 aliphatic carbocycles. The van der Waals surface area contributed by atoms with Crippen LogP contribution in [-0.4, -0.2) is 0 Å². The Morgan fingerprint density at radius 3 is 1.91 bits per heavy atom. The van der Waals surface area contributed by atoms with Gasteiger partial charge >= 0.3 is 0 Å². The average molecular weight is 151 g/mol. The molecule has 0 unspecified atom stereocenters. The zero-order valence-electron chi connectivity index (χ0n) is 7.40. The topological polar surface area (TPSA) is 23.8 Å². The maximum absolute atomic E-state index is 8.92. The Morgan fingerprint density at radius 1 is 1.00 bits per heavy atom. The van der Waals surface area contributed by atoms with Crippen molar-refractivity contribution in [3.05, 3.63) is 0 Å². The van der Waals surface area contributed by atoms with Gasteiger partial charge in [0.25, 0.3) is 0 Å². The molecule has 1 rings (SSSR count). The van der Waals surface area contributed by atoms with Crippen LogP contribution in [0.1, 0.15) is 51.9 Å². The van der Waals surface area contributed by atoms with Crippen molar-refractivity contribution in [3.63, 3.8) is 0 Å². The smallest absolute Gasteiger partial charge is 0.0686 e. The van der Waals surface area contributed by atoms with Gasteiger partial charge in [0, 0.05) is 0 Å². The molecular weight excluding hydrogens is 134 g/mol.